The van der Waals surface area contributed by atoms with Crippen molar-refractivity contribution in [2.24, 2.45) is 0 Å². The number of esters is 1. The first kappa shape index (κ1) is 16.9. The van der Waals surface area contributed by atoms with Crippen molar-refractivity contribution in [2.75, 3.05) is 20.7 Å². The van der Waals surface area contributed by atoms with E-state index in [2.05, 4.69) is 10.1 Å². The quantitative estimate of drug-likeness (QED) is 0.575. The molecule has 19 heavy (non-hydrogen) atoms. The number of carbonyl (C=O) groups is 4. The lowest BCUT2D eigenvalue weighted by Crippen LogP contribution is -2.45. The van der Waals surface area contributed by atoms with Crippen LogP contribution in [-0.4, -0.2) is 60.5 Å². The van der Waals surface area contributed by atoms with E-state index in [0.717, 1.165) is 4.90 Å². The van der Waals surface area contributed by atoms with Crippen LogP contribution in [-0.2, 0) is 23.9 Å². The van der Waals surface area contributed by atoms with Crippen LogP contribution in [0.3, 0.4) is 0 Å². The number of carboxylic acid groups (broad SMARTS) is 1. The Bertz CT molecular complexity index is 368. The molecule has 0 aromatic carbocycles. The standard InChI is InChI=1S/C11H18N2O6/c1-7(14)13(2)6-9(15)12-8(11(17)18)4-5-10(16)19-3/h8H,4-6H2,1-3H3,(H,12,15)(H,17,18)/t8-/m1/s1. The van der Waals surface area contributed by atoms with Gasteiger partial charge in [0.05, 0.1) is 13.7 Å². The number of methoxy groups -OCH3 is 1. The van der Waals surface area contributed by atoms with Crippen LogP contribution in [0.25, 0.3) is 0 Å². The van der Waals surface area contributed by atoms with Gasteiger partial charge in [-0.25, -0.2) is 4.79 Å². The number of hydrogen-bond donors (Lipinski definition) is 2. The van der Waals surface area contributed by atoms with Gasteiger partial charge in [0.1, 0.15) is 6.04 Å². The molecule has 0 aliphatic rings. The van der Waals surface area contributed by atoms with Crippen molar-refractivity contribution in [3.63, 3.8) is 0 Å². The molecule has 0 radical (unpaired) electrons. The highest BCUT2D eigenvalue weighted by atomic mass is 16.5. The van der Waals surface area contributed by atoms with Crippen LogP contribution >= 0.6 is 0 Å². The molecular weight excluding hydrogens is 256 g/mol. The van der Waals surface area contributed by atoms with Crippen molar-refractivity contribution < 1.29 is 29.0 Å². The Balaban J connectivity index is 4.34. The summed E-state index contributed by atoms with van der Waals surface area (Å²) >= 11 is 0. The van der Waals surface area contributed by atoms with E-state index in [0.29, 0.717) is 0 Å². The van der Waals surface area contributed by atoms with Crippen molar-refractivity contribution in [3.8, 4) is 0 Å². The first-order valence-electron chi connectivity index (χ1n) is 5.58. The van der Waals surface area contributed by atoms with Gasteiger partial charge in [0.25, 0.3) is 0 Å². The Labute approximate surface area is 110 Å². The van der Waals surface area contributed by atoms with Gasteiger partial charge in [-0.1, -0.05) is 0 Å². The molecule has 2 amide bonds. The molecule has 1 atom stereocenters. The van der Waals surface area contributed by atoms with Crippen molar-refractivity contribution >= 4 is 23.8 Å². The summed E-state index contributed by atoms with van der Waals surface area (Å²) in [4.78, 5) is 45.4. The Morgan fingerprint density at radius 2 is 1.89 bits per heavy atom. The summed E-state index contributed by atoms with van der Waals surface area (Å²) in [5.74, 6) is -2.71. The molecular formula is C11H18N2O6. The Hall–Kier alpha value is -2.12. The Kier molecular flexibility index (Phi) is 7.16. The van der Waals surface area contributed by atoms with Gasteiger partial charge in [-0.15, -0.1) is 0 Å². The molecule has 0 unspecified atom stereocenters. The smallest absolute Gasteiger partial charge is 0.326 e. The van der Waals surface area contributed by atoms with Gasteiger partial charge in [-0.2, -0.15) is 0 Å². The van der Waals surface area contributed by atoms with E-state index in [1.165, 1.54) is 21.1 Å². The average molecular weight is 274 g/mol. The Morgan fingerprint density at radius 3 is 2.32 bits per heavy atom. The number of hydrogen-bond acceptors (Lipinski definition) is 5. The van der Waals surface area contributed by atoms with Crippen LogP contribution in [0.2, 0.25) is 0 Å². The molecule has 8 nitrogen and oxygen atoms in total. The van der Waals surface area contributed by atoms with Crippen LogP contribution < -0.4 is 5.32 Å². The first-order chi connectivity index (χ1) is 8.77. The number of nitrogens with one attached hydrogen (secondary N) is 1. The molecule has 0 aliphatic carbocycles. The van der Waals surface area contributed by atoms with E-state index in [-0.39, 0.29) is 25.3 Å². The largest absolute Gasteiger partial charge is 0.480 e. The van der Waals surface area contributed by atoms with Crippen LogP contribution in [0.1, 0.15) is 19.8 Å². The number of likely N-dealkylation sites (N-methyl/N-ethyl adjacent to an activating group) is 1. The van der Waals surface area contributed by atoms with E-state index in [9.17, 15) is 19.2 Å². The summed E-state index contributed by atoms with van der Waals surface area (Å²) in [5, 5.41) is 11.1. The second kappa shape index (κ2) is 8.06. The third-order valence-electron chi connectivity index (χ3n) is 2.42. The van der Waals surface area contributed by atoms with Crippen molar-refractivity contribution in [3.05, 3.63) is 0 Å². The molecule has 108 valence electrons. The molecule has 0 aromatic rings. The van der Waals surface area contributed by atoms with Gasteiger partial charge in [0.2, 0.25) is 11.8 Å². The highest BCUT2D eigenvalue weighted by molar-refractivity contribution is 5.87. The molecule has 0 heterocycles. The summed E-state index contributed by atoms with van der Waals surface area (Å²) in [5.41, 5.74) is 0. The molecule has 8 heteroatoms. The summed E-state index contributed by atoms with van der Waals surface area (Å²) in [6, 6.07) is -1.19. The van der Waals surface area contributed by atoms with E-state index in [1.807, 2.05) is 0 Å². The minimum atomic E-state index is -1.25. The number of carboxylic acids is 1. The molecule has 0 saturated carbocycles. The van der Waals surface area contributed by atoms with Gasteiger partial charge < -0.3 is 20.1 Å². The minimum Gasteiger partial charge on any atom is -0.480 e. The van der Waals surface area contributed by atoms with Crippen LogP contribution in [0.4, 0.5) is 0 Å². The zero-order chi connectivity index (χ0) is 15.0. The lowest BCUT2D eigenvalue weighted by atomic mass is 10.1. The van der Waals surface area contributed by atoms with E-state index in [1.54, 1.807) is 0 Å². The lowest BCUT2D eigenvalue weighted by Gasteiger charge is -2.17. The molecule has 0 rings (SSSR count). The van der Waals surface area contributed by atoms with E-state index >= 15 is 0 Å². The number of ether oxygens (including phenoxy) is 1. The Morgan fingerprint density at radius 1 is 1.32 bits per heavy atom. The van der Waals surface area contributed by atoms with Gasteiger partial charge in [0, 0.05) is 20.4 Å². The maximum absolute atomic E-state index is 11.5. The van der Waals surface area contributed by atoms with Crippen molar-refractivity contribution in [1.29, 1.82) is 0 Å². The zero-order valence-corrected chi connectivity index (χ0v) is 11.1. The van der Waals surface area contributed by atoms with E-state index < -0.39 is 23.9 Å². The number of amides is 2. The average Bonchev–Trinajstić information content (AvgIpc) is 2.33. The van der Waals surface area contributed by atoms with Gasteiger partial charge >= 0.3 is 11.9 Å². The summed E-state index contributed by atoms with van der Waals surface area (Å²) in [6.45, 7) is 1.05. The first-order valence-corrected chi connectivity index (χ1v) is 5.58. The van der Waals surface area contributed by atoms with E-state index in [4.69, 9.17) is 5.11 Å². The predicted molar refractivity (Wildman–Crippen MR) is 64.1 cm³/mol. The highest BCUT2D eigenvalue weighted by Gasteiger charge is 2.22. The van der Waals surface area contributed by atoms with Crippen molar-refractivity contribution in [2.45, 2.75) is 25.8 Å². The number of nitrogens with zero attached hydrogens (tertiary/aromatic N) is 1. The minimum absolute atomic E-state index is 0.0719. The topological polar surface area (TPSA) is 113 Å². The van der Waals surface area contributed by atoms with Crippen LogP contribution in [0, 0.1) is 0 Å². The molecule has 0 aliphatic heterocycles. The fraction of sp³-hybridized carbons (Fsp3) is 0.636. The summed E-state index contributed by atoms with van der Waals surface area (Å²) in [7, 11) is 2.62. The highest BCUT2D eigenvalue weighted by Crippen LogP contribution is 2.00. The summed E-state index contributed by atoms with van der Waals surface area (Å²) in [6.07, 6.45) is -0.187. The maximum Gasteiger partial charge on any atom is 0.326 e. The normalized spacial score (nSPS) is 11.3. The molecule has 2 N–H and O–H groups in total. The zero-order valence-electron chi connectivity index (χ0n) is 11.1. The second-order valence-electron chi connectivity index (χ2n) is 3.95. The number of rotatable bonds is 7. The fourth-order valence-corrected chi connectivity index (χ4v) is 1.19. The second-order valence-corrected chi connectivity index (χ2v) is 3.95. The van der Waals surface area contributed by atoms with Crippen molar-refractivity contribution in [1.82, 2.24) is 10.2 Å². The fourth-order valence-electron chi connectivity index (χ4n) is 1.19. The number of aliphatic carboxylic acids is 1. The summed E-state index contributed by atoms with van der Waals surface area (Å²) < 4.78 is 4.38. The lowest BCUT2D eigenvalue weighted by molar-refractivity contribution is -0.144. The SMILES string of the molecule is COC(=O)CC[C@@H](NC(=O)CN(C)C(C)=O)C(=O)O. The molecule has 0 spiro atoms. The maximum atomic E-state index is 11.5. The monoisotopic (exact) mass is 274 g/mol. The molecule has 0 bridgehead atoms. The van der Waals surface area contributed by atoms with Crippen LogP contribution in [0.5, 0.6) is 0 Å². The van der Waals surface area contributed by atoms with Gasteiger partial charge in [-0.05, 0) is 6.42 Å². The molecule has 0 saturated heterocycles. The third kappa shape index (κ3) is 7.02. The number of carbonyl (C=O) groups excluding carboxylic acids is 3. The van der Waals surface area contributed by atoms with Gasteiger partial charge in [0.15, 0.2) is 0 Å². The van der Waals surface area contributed by atoms with Gasteiger partial charge in [-0.3, -0.25) is 14.4 Å². The molecule has 0 fully saturated rings. The molecule has 0 aromatic heterocycles. The third-order valence-corrected chi connectivity index (χ3v) is 2.42. The predicted octanol–water partition coefficient (Wildman–Crippen LogP) is -1.01. The van der Waals surface area contributed by atoms with Crippen LogP contribution in [0.15, 0.2) is 0 Å².